The van der Waals surface area contributed by atoms with Crippen molar-refractivity contribution < 1.29 is 4.79 Å². The van der Waals surface area contributed by atoms with Crippen LogP contribution in [0.2, 0.25) is 0 Å². The van der Waals surface area contributed by atoms with Crippen LogP contribution in [-0.2, 0) is 4.79 Å². The van der Waals surface area contributed by atoms with Crippen LogP contribution < -0.4 is 4.90 Å². The zero-order chi connectivity index (χ0) is 13.2. The van der Waals surface area contributed by atoms with Crippen molar-refractivity contribution in [1.29, 1.82) is 0 Å². The van der Waals surface area contributed by atoms with Crippen molar-refractivity contribution in [2.75, 3.05) is 11.4 Å². The van der Waals surface area contributed by atoms with Gasteiger partial charge in [0, 0.05) is 23.4 Å². The van der Waals surface area contributed by atoms with E-state index in [2.05, 4.69) is 30.8 Å². The Labute approximate surface area is 120 Å². The fourth-order valence-electron chi connectivity index (χ4n) is 2.62. The van der Waals surface area contributed by atoms with Gasteiger partial charge in [-0.3, -0.25) is 9.97 Å². The predicted molar refractivity (Wildman–Crippen MR) is 78.3 cm³/mol. The first kappa shape index (κ1) is 12.5. The molecular weight excluding hydrogens is 306 g/mol. The lowest BCUT2D eigenvalue weighted by Gasteiger charge is -2.34. The Morgan fingerprint density at radius 3 is 3.11 bits per heavy atom. The molecule has 3 heterocycles. The zero-order valence-corrected chi connectivity index (χ0v) is 12.0. The average molecular weight is 320 g/mol. The summed E-state index contributed by atoms with van der Waals surface area (Å²) < 4.78 is 0.912. The van der Waals surface area contributed by atoms with Crippen molar-refractivity contribution in [3.05, 3.63) is 29.0 Å². The van der Waals surface area contributed by atoms with Crippen LogP contribution in [0, 0.1) is 0 Å². The lowest BCUT2D eigenvalue weighted by Crippen LogP contribution is -2.40. The fourth-order valence-corrected chi connectivity index (χ4v) is 2.94. The lowest BCUT2D eigenvalue weighted by molar-refractivity contribution is -0.109. The maximum atomic E-state index is 11.2. The molecule has 1 aliphatic rings. The number of aldehydes is 1. The molecule has 0 amide bonds. The van der Waals surface area contributed by atoms with E-state index in [-0.39, 0.29) is 6.04 Å². The number of hydrogen-bond donors (Lipinski definition) is 0. The Balaban J connectivity index is 2.11. The smallest absolute Gasteiger partial charge is 0.142 e. The minimum absolute atomic E-state index is 0.0372. The number of halogens is 1. The van der Waals surface area contributed by atoms with Gasteiger partial charge < -0.3 is 9.69 Å². The predicted octanol–water partition coefficient (Wildman–Crippen LogP) is 2.95. The molecule has 1 fully saturated rings. The van der Waals surface area contributed by atoms with Crippen LogP contribution in [0.3, 0.4) is 0 Å². The van der Waals surface area contributed by atoms with Gasteiger partial charge in [-0.1, -0.05) is 0 Å². The summed E-state index contributed by atoms with van der Waals surface area (Å²) in [7, 11) is 0. The average Bonchev–Trinajstić information content (AvgIpc) is 2.46. The highest BCUT2D eigenvalue weighted by atomic mass is 79.9. The summed E-state index contributed by atoms with van der Waals surface area (Å²) in [5.74, 6) is 0. The van der Waals surface area contributed by atoms with E-state index < -0.39 is 0 Å². The second-order valence-electron chi connectivity index (χ2n) is 4.74. The van der Waals surface area contributed by atoms with Crippen LogP contribution in [-0.4, -0.2) is 28.8 Å². The molecule has 0 aromatic carbocycles. The third-order valence-corrected chi connectivity index (χ3v) is 3.97. The molecule has 2 aromatic rings. The number of carbonyl (C=O) groups excluding carboxylic acids is 1. The molecule has 1 atom stereocenters. The van der Waals surface area contributed by atoms with E-state index in [9.17, 15) is 4.79 Å². The van der Waals surface area contributed by atoms with Crippen LogP contribution in [0.1, 0.15) is 19.3 Å². The van der Waals surface area contributed by atoms with Gasteiger partial charge in [-0.25, -0.2) is 0 Å². The van der Waals surface area contributed by atoms with Gasteiger partial charge in [0.25, 0.3) is 0 Å². The van der Waals surface area contributed by atoms with Crippen molar-refractivity contribution >= 4 is 38.9 Å². The molecule has 0 saturated carbocycles. The molecule has 0 N–H and O–H groups in total. The fraction of sp³-hybridized carbons (Fsp3) is 0.357. The number of carbonyl (C=O) groups is 1. The quantitative estimate of drug-likeness (QED) is 0.798. The first-order valence-corrected chi connectivity index (χ1v) is 7.21. The molecule has 1 unspecified atom stereocenters. The molecule has 0 aliphatic carbocycles. The third-order valence-electron chi connectivity index (χ3n) is 3.54. The molecular formula is C14H14BrN3O. The largest absolute Gasteiger partial charge is 0.360 e. The van der Waals surface area contributed by atoms with Gasteiger partial charge in [0.05, 0.1) is 17.2 Å². The van der Waals surface area contributed by atoms with Crippen molar-refractivity contribution in [2.45, 2.75) is 25.3 Å². The minimum atomic E-state index is -0.0372. The Morgan fingerprint density at radius 2 is 2.26 bits per heavy atom. The summed E-state index contributed by atoms with van der Waals surface area (Å²) >= 11 is 3.41. The summed E-state index contributed by atoms with van der Waals surface area (Å²) in [6.45, 7) is 0.903. The minimum Gasteiger partial charge on any atom is -0.360 e. The van der Waals surface area contributed by atoms with E-state index in [0.717, 1.165) is 53.3 Å². The molecule has 2 aromatic heterocycles. The lowest BCUT2D eigenvalue weighted by atomic mass is 10.0. The van der Waals surface area contributed by atoms with Gasteiger partial charge in [-0.15, -0.1) is 0 Å². The van der Waals surface area contributed by atoms with Crippen molar-refractivity contribution in [3.8, 4) is 0 Å². The highest BCUT2D eigenvalue weighted by molar-refractivity contribution is 9.10. The van der Waals surface area contributed by atoms with E-state index in [1.807, 2.05) is 12.1 Å². The van der Waals surface area contributed by atoms with Crippen molar-refractivity contribution in [2.24, 2.45) is 0 Å². The molecule has 0 bridgehead atoms. The monoisotopic (exact) mass is 319 g/mol. The molecule has 98 valence electrons. The molecule has 19 heavy (non-hydrogen) atoms. The van der Waals surface area contributed by atoms with Crippen LogP contribution in [0.5, 0.6) is 0 Å². The second kappa shape index (κ2) is 5.25. The molecule has 4 nitrogen and oxygen atoms in total. The molecule has 5 heteroatoms. The van der Waals surface area contributed by atoms with Crippen molar-refractivity contribution in [1.82, 2.24) is 9.97 Å². The van der Waals surface area contributed by atoms with Crippen LogP contribution in [0.25, 0.3) is 11.0 Å². The highest BCUT2D eigenvalue weighted by Crippen LogP contribution is 2.29. The summed E-state index contributed by atoms with van der Waals surface area (Å²) in [5, 5.41) is 0. The zero-order valence-electron chi connectivity index (χ0n) is 10.4. The van der Waals surface area contributed by atoms with Gasteiger partial charge in [0.15, 0.2) is 0 Å². The summed E-state index contributed by atoms with van der Waals surface area (Å²) in [5.41, 5.74) is 2.72. The van der Waals surface area contributed by atoms with Crippen LogP contribution >= 0.6 is 15.9 Å². The number of hydrogen-bond acceptors (Lipinski definition) is 4. The maximum absolute atomic E-state index is 11.2. The van der Waals surface area contributed by atoms with Crippen LogP contribution in [0.4, 0.5) is 5.69 Å². The molecule has 1 saturated heterocycles. The maximum Gasteiger partial charge on any atom is 0.142 e. The van der Waals surface area contributed by atoms with E-state index in [0.29, 0.717) is 0 Å². The van der Waals surface area contributed by atoms with E-state index in [1.54, 1.807) is 12.4 Å². The third kappa shape index (κ3) is 2.34. The number of anilines is 1. The summed E-state index contributed by atoms with van der Waals surface area (Å²) in [4.78, 5) is 22.2. The topological polar surface area (TPSA) is 46.1 Å². The number of fused-ring (bicyclic) bond motifs is 1. The summed E-state index contributed by atoms with van der Waals surface area (Å²) in [6.07, 6.45) is 7.75. The Kier molecular flexibility index (Phi) is 3.46. The van der Waals surface area contributed by atoms with E-state index in [4.69, 9.17) is 0 Å². The van der Waals surface area contributed by atoms with E-state index in [1.165, 1.54) is 0 Å². The molecule has 3 rings (SSSR count). The first-order valence-electron chi connectivity index (χ1n) is 6.42. The molecule has 0 radical (unpaired) electrons. The second-order valence-corrected chi connectivity index (χ2v) is 5.66. The number of nitrogens with zero attached hydrogens (tertiary/aromatic N) is 3. The number of piperidine rings is 1. The SMILES string of the molecule is O=CC1CCCCN1c1ccnc2cc(Br)cnc12. The Bertz CT molecular complexity index is 617. The number of rotatable bonds is 2. The normalized spacial score (nSPS) is 19.6. The number of aromatic nitrogens is 2. The van der Waals surface area contributed by atoms with Gasteiger partial charge >= 0.3 is 0 Å². The van der Waals surface area contributed by atoms with Gasteiger partial charge in [-0.2, -0.15) is 0 Å². The molecule has 1 aliphatic heterocycles. The molecule has 0 spiro atoms. The number of pyridine rings is 2. The van der Waals surface area contributed by atoms with Gasteiger partial charge in [-0.05, 0) is 47.3 Å². The standard InChI is InChI=1S/C14H14BrN3O/c15-10-7-12-14(17-8-10)13(4-5-16-12)18-6-2-1-3-11(18)9-19/h4-5,7-9,11H,1-3,6H2. The summed E-state index contributed by atoms with van der Waals surface area (Å²) in [6, 6.07) is 3.86. The van der Waals surface area contributed by atoms with E-state index >= 15 is 0 Å². The Hall–Kier alpha value is -1.49. The van der Waals surface area contributed by atoms with Crippen LogP contribution in [0.15, 0.2) is 29.0 Å². The van der Waals surface area contributed by atoms with Gasteiger partial charge in [0.2, 0.25) is 0 Å². The Morgan fingerprint density at radius 1 is 1.37 bits per heavy atom. The van der Waals surface area contributed by atoms with Crippen molar-refractivity contribution in [3.63, 3.8) is 0 Å². The first-order chi connectivity index (χ1) is 9.29. The van der Waals surface area contributed by atoms with Gasteiger partial charge in [0.1, 0.15) is 11.8 Å². The highest BCUT2D eigenvalue weighted by Gasteiger charge is 2.23.